The van der Waals surface area contributed by atoms with E-state index in [2.05, 4.69) is 31.3 Å². The van der Waals surface area contributed by atoms with E-state index in [1.165, 1.54) is 10.2 Å². The van der Waals surface area contributed by atoms with Crippen molar-refractivity contribution in [2.75, 3.05) is 11.9 Å². The van der Waals surface area contributed by atoms with Crippen LogP contribution in [0.1, 0.15) is 17.5 Å². The van der Waals surface area contributed by atoms with Crippen molar-refractivity contribution in [3.63, 3.8) is 0 Å². The fourth-order valence-electron chi connectivity index (χ4n) is 2.62. The van der Waals surface area contributed by atoms with Crippen molar-refractivity contribution in [2.24, 2.45) is 7.05 Å². The molecule has 28 heavy (non-hydrogen) atoms. The van der Waals surface area contributed by atoms with Crippen molar-refractivity contribution in [3.8, 4) is 5.88 Å². The van der Waals surface area contributed by atoms with Gasteiger partial charge < -0.3 is 10.1 Å². The monoisotopic (exact) mass is 462 g/mol. The van der Waals surface area contributed by atoms with Crippen LogP contribution in [0.15, 0.2) is 58.1 Å². The van der Waals surface area contributed by atoms with Gasteiger partial charge in [-0.3, -0.25) is 9.78 Å². The Hall–Kier alpha value is -2.38. The lowest BCUT2D eigenvalue weighted by Gasteiger charge is -2.15. The maximum atomic E-state index is 12.2. The van der Waals surface area contributed by atoms with E-state index in [4.69, 9.17) is 16.3 Å². The molecular formula is C20H20BrClN4O2. The number of nitrogens with zero attached hydrogens (tertiary/aromatic N) is 3. The first-order chi connectivity index (χ1) is 13.5. The summed E-state index contributed by atoms with van der Waals surface area (Å²) in [6.07, 6.45) is 5.16. The molecule has 2 heterocycles. The minimum absolute atomic E-state index is 0.234. The highest BCUT2D eigenvalue weighted by atomic mass is 79.9. The van der Waals surface area contributed by atoms with E-state index < -0.39 is 0 Å². The molecule has 146 valence electrons. The van der Waals surface area contributed by atoms with Crippen LogP contribution in [-0.4, -0.2) is 21.4 Å². The molecule has 0 aliphatic rings. The van der Waals surface area contributed by atoms with Gasteiger partial charge in [-0.2, -0.15) is 0 Å². The maximum absolute atomic E-state index is 12.2. The molecule has 0 amide bonds. The Kier molecular flexibility index (Phi) is 7.06. The van der Waals surface area contributed by atoms with E-state index in [1.54, 1.807) is 19.4 Å². The van der Waals surface area contributed by atoms with E-state index in [-0.39, 0.29) is 5.56 Å². The van der Waals surface area contributed by atoms with Gasteiger partial charge >= 0.3 is 0 Å². The Balaban J connectivity index is 1.66. The third-order valence-electron chi connectivity index (χ3n) is 4.11. The van der Waals surface area contributed by atoms with Crippen molar-refractivity contribution in [1.82, 2.24) is 14.8 Å². The molecule has 1 aromatic carbocycles. The molecular weight excluding hydrogens is 444 g/mol. The molecule has 2 aromatic heterocycles. The number of aryl methyl sites for hydroxylation is 2. The molecule has 8 heteroatoms. The number of benzene rings is 1. The molecule has 3 rings (SSSR count). The van der Waals surface area contributed by atoms with Crippen molar-refractivity contribution < 1.29 is 4.74 Å². The van der Waals surface area contributed by atoms with Crippen LogP contribution in [0.2, 0.25) is 5.02 Å². The van der Waals surface area contributed by atoms with E-state index >= 15 is 0 Å². The molecule has 0 radical (unpaired) electrons. The zero-order chi connectivity index (χ0) is 19.9. The van der Waals surface area contributed by atoms with E-state index in [9.17, 15) is 4.79 Å². The molecule has 0 aliphatic carbocycles. The van der Waals surface area contributed by atoms with Crippen LogP contribution in [-0.2, 0) is 20.0 Å². The van der Waals surface area contributed by atoms with Gasteiger partial charge in [0.2, 0.25) is 0 Å². The maximum Gasteiger partial charge on any atom is 0.283 e. The van der Waals surface area contributed by atoms with Crippen LogP contribution < -0.4 is 15.6 Å². The Morgan fingerprint density at radius 1 is 1.21 bits per heavy atom. The summed E-state index contributed by atoms with van der Waals surface area (Å²) in [5.74, 6) is 0.383. The molecule has 0 spiro atoms. The normalized spacial score (nSPS) is 10.7. The molecule has 0 saturated carbocycles. The van der Waals surface area contributed by atoms with Gasteiger partial charge in [0.05, 0.1) is 6.61 Å². The summed E-state index contributed by atoms with van der Waals surface area (Å²) in [5.41, 5.74) is 2.49. The number of pyridine rings is 1. The first-order valence-electron chi connectivity index (χ1n) is 8.81. The second-order valence-corrected chi connectivity index (χ2v) is 7.45. The average molecular weight is 464 g/mol. The Labute approximate surface area is 176 Å². The van der Waals surface area contributed by atoms with Crippen molar-refractivity contribution >= 4 is 33.2 Å². The highest BCUT2D eigenvalue weighted by Gasteiger charge is 2.15. The van der Waals surface area contributed by atoms with Crippen molar-refractivity contribution in [1.29, 1.82) is 0 Å². The van der Waals surface area contributed by atoms with Gasteiger partial charge in [-0.15, -0.1) is 5.10 Å². The van der Waals surface area contributed by atoms with Gasteiger partial charge in [0.15, 0.2) is 0 Å². The number of ether oxygens (including phenoxy) is 1. The predicted molar refractivity (Wildman–Crippen MR) is 114 cm³/mol. The first-order valence-corrected chi connectivity index (χ1v) is 9.98. The molecule has 0 aliphatic heterocycles. The summed E-state index contributed by atoms with van der Waals surface area (Å²) in [4.78, 5) is 16.3. The molecule has 6 nitrogen and oxygen atoms in total. The first kappa shape index (κ1) is 20.4. The topological polar surface area (TPSA) is 69.0 Å². The summed E-state index contributed by atoms with van der Waals surface area (Å²) in [6, 6.07) is 11.6. The second kappa shape index (κ2) is 9.71. The van der Waals surface area contributed by atoms with Gasteiger partial charge in [-0.1, -0.05) is 29.8 Å². The zero-order valence-corrected chi connectivity index (χ0v) is 17.7. The average Bonchev–Trinajstić information content (AvgIpc) is 2.71. The number of halogens is 2. The fourth-order valence-corrected chi connectivity index (χ4v) is 3.31. The Morgan fingerprint density at radius 3 is 2.71 bits per heavy atom. The molecule has 0 saturated heterocycles. The van der Waals surface area contributed by atoms with Gasteiger partial charge in [0, 0.05) is 31.0 Å². The van der Waals surface area contributed by atoms with Gasteiger partial charge in [0.25, 0.3) is 11.4 Å². The standard InChI is InChI=1S/C20H20BrClN4O2/c1-26-20(27)17(21)18(24-13-15-4-2-10-23-12-15)19(25-26)28-11-3-5-14-6-8-16(22)9-7-14/h2,4,6-10,12,24H,3,5,11,13H2,1H3. The van der Waals surface area contributed by atoms with Gasteiger partial charge in [-0.05, 0) is 58.1 Å². The minimum Gasteiger partial charge on any atom is -0.475 e. The number of anilines is 1. The smallest absolute Gasteiger partial charge is 0.283 e. The second-order valence-electron chi connectivity index (χ2n) is 6.22. The number of rotatable bonds is 8. The van der Waals surface area contributed by atoms with Crippen molar-refractivity contribution in [3.05, 3.63) is 79.8 Å². The molecule has 0 atom stereocenters. The molecule has 0 fully saturated rings. The number of hydrogen-bond donors (Lipinski definition) is 1. The third kappa shape index (κ3) is 5.33. The molecule has 0 unspecified atom stereocenters. The summed E-state index contributed by atoms with van der Waals surface area (Å²) in [5, 5.41) is 8.21. The van der Waals surface area contributed by atoms with Crippen LogP contribution in [0.3, 0.4) is 0 Å². The van der Waals surface area contributed by atoms with Crippen molar-refractivity contribution in [2.45, 2.75) is 19.4 Å². The van der Waals surface area contributed by atoms with Crippen LogP contribution in [0.25, 0.3) is 0 Å². The van der Waals surface area contributed by atoms with Crippen LogP contribution in [0.5, 0.6) is 5.88 Å². The van der Waals surface area contributed by atoms with E-state index in [1.807, 2.05) is 36.4 Å². The summed E-state index contributed by atoms with van der Waals surface area (Å²) in [7, 11) is 1.60. The van der Waals surface area contributed by atoms with E-state index in [0.717, 1.165) is 23.4 Å². The third-order valence-corrected chi connectivity index (χ3v) is 5.10. The SMILES string of the molecule is Cn1nc(OCCCc2ccc(Cl)cc2)c(NCc2cccnc2)c(Br)c1=O. The lowest BCUT2D eigenvalue weighted by atomic mass is 10.1. The minimum atomic E-state index is -0.234. The number of aromatic nitrogens is 3. The van der Waals surface area contributed by atoms with E-state index in [0.29, 0.717) is 29.2 Å². The lowest BCUT2D eigenvalue weighted by molar-refractivity contribution is 0.292. The quantitative estimate of drug-likeness (QED) is 0.507. The Morgan fingerprint density at radius 2 is 2.00 bits per heavy atom. The fraction of sp³-hybridized carbons (Fsp3) is 0.250. The highest BCUT2D eigenvalue weighted by Crippen LogP contribution is 2.28. The summed E-state index contributed by atoms with van der Waals surface area (Å²) in [6.45, 7) is 0.976. The highest BCUT2D eigenvalue weighted by molar-refractivity contribution is 9.10. The number of hydrogen-bond acceptors (Lipinski definition) is 5. The Bertz CT molecular complexity index is 978. The predicted octanol–water partition coefficient (Wildman–Crippen LogP) is 4.21. The van der Waals surface area contributed by atoms with Crippen LogP contribution >= 0.6 is 27.5 Å². The van der Waals surface area contributed by atoms with Crippen LogP contribution in [0, 0.1) is 0 Å². The van der Waals surface area contributed by atoms with Gasteiger partial charge in [-0.25, -0.2) is 4.68 Å². The van der Waals surface area contributed by atoms with Crippen LogP contribution in [0.4, 0.5) is 5.69 Å². The lowest BCUT2D eigenvalue weighted by Crippen LogP contribution is -2.23. The zero-order valence-electron chi connectivity index (χ0n) is 15.4. The largest absolute Gasteiger partial charge is 0.475 e. The van der Waals surface area contributed by atoms with Gasteiger partial charge in [0.1, 0.15) is 10.2 Å². The summed E-state index contributed by atoms with van der Waals surface area (Å²) >= 11 is 9.27. The number of nitrogens with one attached hydrogen (secondary N) is 1. The molecule has 3 aromatic rings. The molecule has 1 N–H and O–H groups in total. The molecule has 0 bridgehead atoms. The summed E-state index contributed by atoms with van der Waals surface area (Å²) < 4.78 is 7.53.